The Hall–Kier alpha value is 1.18. The summed E-state index contributed by atoms with van der Waals surface area (Å²) in [5.74, 6) is 0. The van der Waals surface area contributed by atoms with Crippen molar-refractivity contribution < 1.29 is 17.4 Å². The molecule has 0 bridgehead atoms. The molecule has 4 heteroatoms. The quantitative estimate of drug-likeness (QED) is 0.258. The van der Waals surface area contributed by atoms with Crippen molar-refractivity contribution in [1.29, 1.82) is 0 Å². The molecule has 0 aromatic heterocycles. The van der Waals surface area contributed by atoms with Gasteiger partial charge in [-0.15, -0.1) is 0 Å². The van der Waals surface area contributed by atoms with Crippen LogP contribution < -0.4 is 0 Å². The van der Waals surface area contributed by atoms with Crippen molar-refractivity contribution in [3.63, 3.8) is 0 Å². The zero-order valence-electron chi connectivity index (χ0n) is 23.0. The minimum Gasteiger partial charge on any atom is -0.313 e. The molecule has 0 aromatic rings. The fourth-order valence-corrected chi connectivity index (χ4v) is 10.7. The number of hydrogen-bond donors (Lipinski definition) is 0. The fourth-order valence-electron chi connectivity index (χ4n) is 5.19. The molecule has 3 saturated carbocycles. The maximum Gasteiger partial charge on any atom is 3.00 e. The molecule has 0 aromatic carbocycles. The Bertz CT molecular complexity index is 360. The molecule has 0 spiro atoms. The summed E-state index contributed by atoms with van der Waals surface area (Å²) in [5.41, 5.74) is 5.79. The van der Waals surface area contributed by atoms with Gasteiger partial charge in [0.15, 0.2) is 0 Å². The Kier molecular flexibility index (Phi) is 15.8. The Morgan fingerprint density at radius 3 is 0.581 bits per heavy atom. The molecule has 0 aliphatic heterocycles. The van der Waals surface area contributed by atoms with Crippen molar-refractivity contribution in [2.75, 3.05) is 0 Å². The molecular formula is C27H57CrSi3. The number of hydrogen-bond acceptors (Lipinski definition) is 0. The van der Waals surface area contributed by atoms with Crippen LogP contribution in [0.25, 0.3) is 0 Å². The topological polar surface area (TPSA) is 0 Å². The summed E-state index contributed by atoms with van der Waals surface area (Å²) >= 11 is 0. The van der Waals surface area contributed by atoms with E-state index in [0.717, 1.165) is 0 Å². The molecular weight excluding hydrogens is 461 g/mol. The van der Waals surface area contributed by atoms with Gasteiger partial charge in [-0.05, 0) is 0 Å². The van der Waals surface area contributed by atoms with E-state index in [0.29, 0.717) is 0 Å². The fraction of sp³-hybridized carbons (Fsp3) is 0.889. The van der Waals surface area contributed by atoms with Crippen molar-refractivity contribution in [1.82, 2.24) is 0 Å². The summed E-state index contributed by atoms with van der Waals surface area (Å²) in [6, 6.07) is 0. The molecule has 3 aliphatic rings. The minimum absolute atomic E-state index is 0. The zero-order valence-corrected chi connectivity index (χ0v) is 27.3. The summed E-state index contributed by atoms with van der Waals surface area (Å²) in [7, 11) is -2.52. The summed E-state index contributed by atoms with van der Waals surface area (Å²) < 4.78 is 0. The van der Waals surface area contributed by atoms with E-state index in [1.807, 2.05) is 16.6 Å². The first-order valence-electron chi connectivity index (χ1n) is 13.4. The molecule has 3 fully saturated rings. The molecule has 0 N–H and O–H groups in total. The van der Waals surface area contributed by atoms with Crippen LogP contribution in [0.1, 0.15) is 96.3 Å². The molecule has 0 unspecified atom stereocenters. The van der Waals surface area contributed by atoms with Gasteiger partial charge in [0.25, 0.3) is 0 Å². The van der Waals surface area contributed by atoms with Crippen LogP contribution >= 0.6 is 0 Å². The van der Waals surface area contributed by atoms with Crippen molar-refractivity contribution in [3.05, 3.63) is 16.6 Å². The average molecular weight is 518 g/mol. The van der Waals surface area contributed by atoms with E-state index in [1.165, 1.54) is 96.3 Å². The standard InChI is InChI=1S/3C9H19Si.Cr/c3*1-10(2,3)9-7-5-4-6-8-9;/h3*4-8H2,1-3H3;/q3*-1;+3. The van der Waals surface area contributed by atoms with Gasteiger partial charge in [-0.1, -0.05) is 141 Å². The van der Waals surface area contributed by atoms with Gasteiger partial charge < -0.3 is 16.6 Å². The third kappa shape index (κ3) is 14.2. The van der Waals surface area contributed by atoms with Gasteiger partial charge in [0.2, 0.25) is 0 Å². The van der Waals surface area contributed by atoms with Crippen molar-refractivity contribution in [2.45, 2.75) is 155 Å². The normalized spacial score (nSPS) is 22.4. The molecule has 3 aliphatic carbocycles. The van der Waals surface area contributed by atoms with Gasteiger partial charge in [-0.3, -0.25) is 0 Å². The Balaban J connectivity index is 0.000000429. The Morgan fingerprint density at radius 2 is 0.484 bits per heavy atom. The second-order valence-corrected chi connectivity index (χ2v) is 28.9. The predicted octanol–water partition coefficient (Wildman–Crippen LogP) is 10.2. The van der Waals surface area contributed by atoms with Crippen LogP contribution in [0.15, 0.2) is 0 Å². The molecule has 0 atom stereocenters. The summed E-state index contributed by atoms with van der Waals surface area (Å²) in [5, 5.41) is 0. The van der Waals surface area contributed by atoms with E-state index in [9.17, 15) is 0 Å². The smallest absolute Gasteiger partial charge is 0.313 e. The monoisotopic (exact) mass is 517 g/mol. The molecule has 0 nitrogen and oxygen atoms in total. The van der Waals surface area contributed by atoms with Crippen LogP contribution in [0.5, 0.6) is 0 Å². The molecule has 0 saturated heterocycles. The van der Waals surface area contributed by atoms with E-state index in [2.05, 4.69) is 58.9 Å². The molecule has 1 radical (unpaired) electrons. The third-order valence-corrected chi connectivity index (χ3v) is 15.4. The van der Waals surface area contributed by atoms with Crippen molar-refractivity contribution in [3.8, 4) is 0 Å². The van der Waals surface area contributed by atoms with E-state index in [1.54, 1.807) is 0 Å². The van der Waals surface area contributed by atoms with Gasteiger partial charge in [-0.25, -0.2) is 0 Å². The first-order valence-corrected chi connectivity index (χ1v) is 23.9. The van der Waals surface area contributed by atoms with E-state index >= 15 is 0 Å². The number of rotatable bonds is 3. The van der Waals surface area contributed by atoms with Crippen LogP contribution in [-0.4, -0.2) is 24.2 Å². The maximum atomic E-state index is 2.48. The van der Waals surface area contributed by atoms with Crippen molar-refractivity contribution >= 4 is 24.2 Å². The van der Waals surface area contributed by atoms with Crippen LogP contribution in [0, 0.1) is 16.6 Å². The van der Waals surface area contributed by atoms with Crippen LogP contribution in [-0.2, 0) is 17.4 Å². The first kappa shape index (κ1) is 32.2. The molecule has 183 valence electrons. The average Bonchev–Trinajstić information content (AvgIpc) is 2.69. The zero-order chi connectivity index (χ0) is 22.8. The minimum atomic E-state index is -0.840. The maximum absolute atomic E-state index is 2.48. The van der Waals surface area contributed by atoms with Crippen LogP contribution in [0.4, 0.5) is 0 Å². The van der Waals surface area contributed by atoms with Gasteiger partial charge in [0.1, 0.15) is 0 Å². The van der Waals surface area contributed by atoms with Gasteiger partial charge >= 0.3 is 17.4 Å². The largest absolute Gasteiger partial charge is 3.00 e. The Labute approximate surface area is 212 Å². The van der Waals surface area contributed by atoms with E-state index in [4.69, 9.17) is 0 Å². The molecule has 3 rings (SSSR count). The second-order valence-electron chi connectivity index (χ2n) is 13.2. The van der Waals surface area contributed by atoms with Crippen LogP contribution in [0.3, 0.4) is 0 Å². The van der Waals surface area contributed by atoms with Gasteiger partial charge in [-0.2, -0.15) is 38.5 Å². The molecule has 0 amide bonds. The SMILES string of the molecule is C[Si](C)(C)[C-]1CCCCC1.C[Si](C)(C)[C-]1CCCCC1.C[Si](C)(C)[C-]1CCCCC1.[Cr+3]. The second kappa shape index (κ2) is 15.2. The molecule has 31 heavy (non-hydrogen) atoms. The summed E-state index contributed by atoms with van der Waals surface area (Å²) in [6.07, 6.45) is 22.0. The van der Waals surface area contributed by atoms with E-state index < -0.39 is 24.2 Å². The van der Waals surface area contributed by atoms with Crippen molar-refractivity contribution in [2.24, 2.45) is 0 Å². The summed E-state index contributed by atoms with van der Waals surface area (Å²) in [4.78, 5) is 0. The predicted molar refractivity (Wildman–Crippen MR) is 149 cm³/mol. The first-order chi connectivity index (χ1) is 13.8. The Morgan fingerprint density at radius 1 is 0.323 bits per heavy atom. The third-order valence-electron chi connectivity index (χ3n) is 7.55. The summed E-state index contributed by atoms with van der Waals surface area (Å²) in [6.45, 7) is 22.3. The van der Waals surface area contributed by atoms with Crippen LogP contribution in [0.2, 0.25) is 58.9 Å². The van der Waals surface area contributed by atoms with Gasteiger partial charge in [0.05, 0.1) is 0 Å². The van der Waals surface area contributed by atoms with E-state index in [-0.39, 0.29) is 17.4 Å². The molecule has 0 heterocycles. The van der Waals surface area contributed by atoms with Gasteiger partial charge in [0, 0.05) is 0 Å².